The normalized spacial score (nSPS) is 11.8. The summed E-state index contributed by atoms with van der Waals surface area (Å²) in [4.78, 5) is 11.7. The van der Waals surface area contributed by atoms with Crippen LogP contribution >= 0.6 is 11.8 Å². The molecule has 0 radical (unpaired) electrons. The first-order valence-corrected chi connectivity index (χ1v) is 5.83. The van der Waals surface area contributed by atoms with E-state index in [4.69, 9.17) is 0 Å². The third-order valence-electron chi connectivity index (χ3n) is 2.22. The van der Waals surface area contributed by atoms with E-state index in [2.05, 4.69) is 10.2 Å². The van der Waals surface area contributed by atoms with Gasteiger partial charge in [0.25, 0.3) is 0 Å². The lowest BCUT2D eigenvalue weighted by Crippen LogP contribution is -2.22. The van der Waals surface area contributed by atoms with Gasteiger partial charge in [-0.2, -0.15) is 0 Å². The highest BCUT2D eigenvalue weighted by Crippen LogP contribution is 2.21. The molecule has 0 spiro atoms. The minimum atomic E-state index is -0.277. The molecule has 0 amide bonds. The van der Waals surface area contributed by atoms with Gasteiger partial charge in [-0.1, -0.05) is 32.5 Å². The van der Waals surface area contributed by atoms with E-state index in [1.54, 1.807) is 0 Å². The van der Waals surface area contributed by atoms with Crippen LogP contribution in [0.1, 0.15) is 26.6 Å². The van der Waals surface area contributed by atoms with Crippen LogP contribution in [0, 0.1) is 12.3 Å². The van der Waals surface area contributed by atoms with Gasteiger partial charge in [-0.05, 0) is 6.92 Å². The van der Waals surface area contributed by atoms with Crippen molar-refractivity contribution in [2.24, 2.45) is 12.5 Å². The zero-order valence-corrected chi connectivity index (χ0v) is 10.7. The van der Waals surface area contributed by atoms with E-state index >= 15 is 0 Å². The highest BCUT2D eigenvalue weighted by Gasteiger charge is 2.21. The number of aryl methyl sites for hydroxylation is 1. The molecule has 0 aromatic carbocycles. The number of carbonyl (C=O) groups is 1. The summed E-state index contributed by atoms with van der Waals surface area (Å²) >= 11 is 1.44. The number of hydrogen-bond acceptors (Lipinski definition) is 4. The summed E-state index contributed by atoms with van der Waals surface area (Å²) in [5.41, 5.74) is -0.277. The van der Waals surface area contributed by atoms with Gasteiger partial charge in [-0.15, -0.1) is 10.2 Å². The molecule has 1 aromatic heterocycles. The second-order valence-corrected chi connectivity index (χ2v) is 5.49. The molecule has 15 heavy (non-hydrogen) atoms. The van der Waals surface area contributed by atoms with Crippen LogP contribution in [0.15, 0.2) is 5.16 Å². The van der Waals surface area contributed by atoms with Crippen molar-refractivity contribution < 1.29 is 4.79 Å². The van der Waals surface area contributed by atoms with Crippen LogP contribution in [0.2, 0.25) is 0 Å². The summed E-state index contributed by atoms with van der Waals surface area (Å²) in [7, 11) is 1.90. The Labute approximate surface area is 94.5 Å². The van der Waals surface area contributed by atoms with E-state index in [1.807, 2.05) is 39.3 Å². The molecule has 0 aliphatic heterocycles. The van der Waals surface area contributed by atoms with Crippen molar-refractivity contribution in [3.8, 4) is 0 Å². The van der Waals surface area contributed by atoms with Gasteiger partial charge in [0, 0.05) is 12.5 Å². The van der Waals surface area contributed by atoms with Gasteiger partial charge in [0.1, 0.15) is 11.6 Å². The van der Waals surface area contributed by atoms with E-state index < -0.39 is 0 Å². The van der Waals surface area contributed by atoms with Crippen LogP contribution in [0.25, 0.3) is 0 Å². The Morgan fingerprint density at radius 1 is 1.40 bits per heavy atom. The zero-order valence-electron chi connectivity index (χ0n) is 9.87. The monoisotopic (exact) mass is 227 g/mol. The third kappa shape index (κ3) is 3.06. The fourth-order valence-corrected chi connectivity index (χ4v) is 1.98. The second-order valence-electron chi connectivity index (χ2n) is 4.55. The van der Waals surface area contributed by atoms with Gasteiger partial charge in [-0.25, -0.2) is 0 Å². The molecule has 0 fully saturated rings. The number of nitrogens with zero attached hydrogens (tertiary/aromatic N) is 3. The Morgan fingerprint density at radius 3 is 2.40 bits per heavy atom. The number of carbonyl (C=O) groups excluding carboxylic acids is 1. The van der Waals surface area contributed by atoms with Crippen molar-refractivity contribution in [3.63, 3.8) is 0 Å². The molecule has 0 atom stereocenters. The lowest BCUT2D eigenvalue weighted by atomic mass is 9.92. The van der Waals surface area contributed by atoms with E-state index in [1.165, 1.54) is 11.8 Å². The van der Waals surface area contributed by atoms with Crippen molar-refractivity contribution in [2.45, 2.75) is 32.9 Å². The van der Waals surface area contributed by atoms with Gasteiger partial charge < -0.3 is 4.57 Å². The zero-order chi connectivity index (χ0) is 11.6. The van der Waals surface area contributed by atoms with Crippen LogP contribution in [0.4, 0.5) is 0 Å². The topological polar surface area (TPSA) is 47.8 Å². The number of Topliss-reactive ketones (excluding diaryl/α,β-unsaturated/α-hetero) is 1. The number of ketones is 1. The highest BCUT2D eigenvalue weighted by molar-refractivity contribution is 7.99. The molecule has 84 valence electrons. The number of rotatable bonds is 3. The van der Waals surface area contributed by atoms with Crippen molar-refractivity contribution in [1.82, 2.24) is 14.8 Å². The molecule has 1 rings (SSSR count). The Hall–Kier alpha value is -0.840. The van der Waals surface area contributed by atoms with Gasteiger partial charge in [-0.3, -0.25) is 4.79 Å². The van der Waals surface area contributed by atoms with Gasteiger partial charge in [0.2, 0.25) is 0 Å². The molecule has 0 unspecified atom stereocenters. The van der Waals surface area contributed by atoms with Gasteiger partial charge >= 0.3 is 0 Å². The molecule has 1 heterocycles. The summed E-state index contributed by atoms with van der Waals surface area (Å²) < 4.78 is 1.89. The first kappa shape index (κ1) is 12.2. The molecule has 0 aliphatic carbocycles. The smallest absolute Gasteiger partial charge is 0.191 e. The molecule has 5 heteroatoms. The van der Waals surface area contributed by atoms with Crippen molar-refractivity contribution in [1.29, 1.82) is 0 Å². The number of thioether (sulfide) groups is 1. The maximum atomic E-state index is 11.7. The van der Waals surface area contributed by atoms with Crippen molar-refractivity contribution in [3.05, 3.63) is 5.82 Å². The molecule has 0 saturated carbocycles. The summed E-state index contributed by atoms with van der Waals surface area (Å²) in [5.74, 6) is 1.55. The minimum Gasteiger partial charge on any atom is -0.309 e. The van der Waals surface area contributed by atoms with Crippen LogP contribution < -0.4 is 0 Å². The van der Waals surface area contributed by atoms with Crippen molar-refractivity contribution in [2.75, 3.05) is 5.75 Å². The summed E-state index contributed by atoms with van der Waals surface area (Å²) in [6.07, 6.45) is 0. The number of aromatic nitrogens is 3. The van der Waals surface area contributed by atoms with E-state index in [9.17, 15) is 4.79 Å². The largest absolute Gasteiger partial charge is 0.309 e. The highest BCUT2D eigenvalue weighted by atomic mass is 32.2. The average Bonchev–Trinajstić information content (AvgIpc) is 2.43. The molecule has 0 saturated heterocycles. The number of hydrogen-bond donors (Lipinski definition) is 0. The van der Waals surface area contributed by atoms with E-state index in [-0.39, 0.29) is 11.2 Å². The molecule has 0 bridgehead atoms. The molecular weight excluding hydrogens is 210 g/mol. The maximum Gasteiger partial charge on any atom is 0.191 e. The Bertz CT molecular complexity index is 365. The van der Waals surface area contributed by atoms with Crippen molar-refractivity contribution >= 4 is 17.5 Å². The van der Waals surface area contributed by atoms with Gasteiger partial charge in [0.15, 0.2) is 5.16 Å². The lowest BCUT2D eigenvalue weighted by molar-refractivity contribution is -0.123. The second kappa shape index (κ2) is 4.35. The third-order valence-corrected chi connectivity index (χ3v) is 3.24. The molecule has 4 nitrogen and oxygen atoms in total. The van der Waals surface area contributed by atoms with Crippen LogP contribution in [0.5, 0.6) is 0 Å². The lowest BCUT2D eigenvalue weighted by Gasteiger charge is -2.15. The van der Waals surface area contributed by atoms with Crippen LogP contribution in [-0.2, 0) is 11.8 Å². The Balaban J connectivity index is 2.59. The fraction of sp³-hybridized carbons (Fsp3) is 0.700. The maximum absolute atomic E-state index is 11.7. The minimum absolute atomic E-state index is 0.230. The Morgan fingerprint density at radius 2 is 2.00 bits per heavy atom. The SMILES string of the molecule is Cc1nnc(SCC(=O)C(C)(C)C)n1C. The van der Waals surface area contributed by atoms with E-state index in [0.29, 0.717) is 5.75 Å². The van der Waals surface area contributed by atoms with E-state index in [0.717, 1.165) is 11.0 Å². The first-order chi connectivity index (χ1) is 6.82. The first-order valence-electron chi connectivity index (χ1n) is 4.84. The quantitative estimate of drug-likeness (QED) is 0.739. The van der Waals surface area contributed by atoms with Crippen LogP contribution in [0.3, 0.4) is 0 Å². The fourth-order valence-electron chi connectivity index (χ4n) is 0.860. The summed E-state index contributed by atoms with van der Waals surface area (Å²) in [6, 6.07) is 0. The molecule has 1 aromatic rings. The summed E-state index contributed by atoms with van der Waals surface area (Å²) in [6.45, 7) is 7.68. The standard InChI is InChI=1S/C10H17N3OS/c1-7-11-12-9(13(7)5)15-6-8(14)10(2,3)4/h6H2,1-5H3. The van der Waals surface area contributed by atoms with Crippen LogP contribution in [-0.4, -0.2) is 26.3 Å². The predicted molar refractivity (Wildman–Crippen MR) is 60.9 cm³/mol. The molecule has 0 N–H and O–H groups in total. The summed E-state index contributed by atoms with van der Waals surface area (Å²) in [5, 5.41) is 8.73. The average molecular weight is 227 g/mol. The predicted octanol–water partition coefficient (Wildman–Crippen LogP) is 1.83. The molecule has 0 aliphatic rings. The van der Waals surface area contributed by atoms with Gasteiger partial charge in [0.05, 0.1) is 5.75 Å². The Kier molecular flexibility index (Phi) is 3.54. The molecular formula is C10H17N3OS.